The second-order valence-corrected chi connectivity index (χ2v) is 9.24. The van der Waals surface area contributed by atoms with E-state index in [1.807, 2.05) is 0 Å². The molecule has 3 aromatic carbocycles. The summed E-state index contributed by atoms with van der Waals surface area (Å²) in [5.41, 5.74) is 0.472. The molecule has 174 valence electrons. The maximum absolute atomic E-state index is 14.6. The number of nitrogens with zero attached hydrogens (tertiary/aromatic N) is 4. The number of hydrogen-bond acceptors (Lipinski definition) is 8. The molecule has 0 unspecified atom stereocenters. The zero-order chi connectivity index (χ0) is 24.5. The van der Waals surface area contributed by atoms with Gasteiger partial charge >= 0.3 is 0 Å². The van der Waals surface area contributed by atoms with Crippen LogP contribution in [0.1, 0.15) is 0 Å². The number of carbonyl (C=O) groups excluding carboxylic acids is 1. The molecule has 0 saturated carbocycles. The van der Waals surface area contributed by atoms with Crippen molar-refractivity contribution >= 4 is 60.9 Å². The zero-order valence-corrected chi connectivity index (χ0v) is 19.3. The first-order chi connectivity index (χ1) is 16.9. The molecule has 2 heterocycles. The van der Waals surface area contributed by atoms with E-state index in [1.165, 1.54) is 36.4 Å². The number of nitrogens with one attached hydrogen (secondary N) is 1. The molecule has 0 bridgehead atoms. The van der Waals surface area contributed by atoms with Gasteiger partial charge in [-0.1, -0.05) is 47.4 Å². The summed E-state index contributed by atoms with van der Waals surface area (Å²) >= 11 is 2.09. The van der Waals surface area contributed by atoms with Crippen molar-refractivity contribution in [1.82, 2.24) is 14.5 Å². The number of para-hydroxylation sites is 2. The first kappa shape index (κ1) is 22.6. The lowest BCUT2D eigenvalue weighted by molar-refractivity contribution is -0.384. The summed E-state index contributed by atoms with van der Waals surface area (Å²) in [6.07, 6.45) is 0. The van der Waals surface area contributed by atoms with Crippen molar-refractivity contribution in [3.8, 4) is 5.69 Å². The molecule has 35 heavy (non-hydrogen) atoms. The number of anilines is 1. The monoisotopic (exact) mass is 507 g/mol. The SMILES string of the molecule is O=C(CSc1nc2ccccc2c(=O)n1-c1ccccc1F)Nc1nc2ccc([N+](=O)[O-])cc2s1. The largest absolute Gasteiger partial charge is 0.301 e. The predicted octanol–water partition coefficient (Wildman–Crippen LogP) is 4.77. The van der Waals surface area contributed by atoms with Crippen LogP contribution in [-0.4, -0.2) is 31.1 Å². The van der Waals surface area contributed by atoms with Gasteiger partial charge in [0.05, 0.1) is 37.5 Å². The van der Waals surface area contributed by atoms with Crippen LogP contribution in [0.4, 0.5) is 15.2 Å². The van der Waals surface area contributed by atoms with E-state index >= 15 is 0 Å². The van der Waals surface area contributed by atoms with Crippen molar-refractivity contribution in [3.63, 3.8) is 0 Å². The fourth-order valence-corrected chi connectivity index (χ4v) is 5.14. The molecule has 12 heteroatoms. The summed E-state index contributed by atoms with van der Waals surface area (Å²) in [4.78, 5) is 45.1. The third-order valence-electron chi connectivity index (χ3n) is 5.00. The van der Waals surface area contributed by atoms with Crippen LogP contribution in [-0.2, 0) is 4.79 Å². The lowest BCUT2D eigenvalue weighted by Gasteiger charge is -2.13. The van der Waals surface area contributed by atoms with Crippen molar-refractivity contribution in [2.45, 2.75) is 5.16 Å². The average Bonchev–Trinajstić information content (AvgIpc) is 3.25. The van der Waals surface area contributed by atoms with Gasteiger partial charge in [-0.25, -0.2) is 14.4 Å². The number of benzene rings is 3. The lowest BCUT2D eigenvalue weighted by atomic mass is 10.2. The highest BCUT2D eigenvalue weighted by Crippen LogP contribution is 2.29. The van der Waals surface area contributed by atoms with Gasteiger partial charge in [-0.15, -0.1) is 0 Å². The average molecular weight is 508 g/mol. The van der Waals surface area contributed by atoms with E-state index in [0.717, 1.165) is 27.7 Å². The first-order valence-electron chi connectivity index (χ1n) is 10.1. The summed E-state index contributed by atoms with van der Waals surface area (Å²) in [6, 6.07) is 16.8. The van der Waals surface area contributed by atoms with Crippen LogP contribution in [0, 0.1) is 15.9 Å². The highest BCUT2D eigenvalue weighted by atomic mass is 32.2. The van der Waals surface area contributed by atoms with Crippen molar-refractivity contribution in [1.29, 1.82) is 0 Å². The first-order valence-corrected chi connectivity index (χ1v) is 12.0. The Morgan fingerprint density at radius 2 is 1.86 bits per heavy atom. The quantitative estimate of drug-likeness (QED) is 0.152. The van der Waals surface area contributed by atoms with E-state index in [-0.39, 0.29) is 27.4 Å². The van der Waals surface area contributed by atoms with Crippen molar-refractivity contribution < 1.29 is 14.1 Å². The van der Waals surface area contributed by atoms with Gasteiger partial charge in [0.15, 0.2) is 10.3 Å². The number of nitro benzene ring substituents is 1. The minimum absolute atomic E-state index is 0.0337. The Labute approximate surface area is 204 Å². The molecule has 2 aromatic heterocycles. The second kappa shape index (κ2) is 9.24. The van der Waals surface area contributed by atoms with Crippen LogP contribution >= 0.6 is 23.1 Å². The second-order valence-electron chi connectivity index (χ2n) is 7.27. The van der Waals surface area contributed by atoms with E-state index in [0.29, 0.717) is 21.1 Å². The molecule has 0 aliphatic carbocycles. The maximum Gasteiger partial charge on any atom is 0.270 e. The number of thioether (sulfide) groups is 1. The third-order valence-corrected chi connectivity index (χ3v) is 6.87. The lowest BCUT2D eigenvalue weighted by Crippen LogP contribution is -2.23. The van der Waals surface area contributed by atoms with Gasteiger partial charge in [0.25, 0.3) is 11.2 Å². The number of fused-ring (bicyclic) bond motifs is 2. The van der Waals surface area contributed by atoms with E-state index in [1.54, 1.807) is 30.3 Å². The number of carbonyl (C=O) groups is 1. The Hall–Kier alpha value is -4.16. The van der Waals surface area contributed by atoms with Crippen LogP contribution in [0.3, 0.4) is 0 Å². The molecule has 0 aliphatic heterocycles. The molecule has 0 atom stereocenters. The number of non-ortho nitro benzene ring substituents is 1. The highest BCUT2D eigenvalue weighted by Gasteiger charge is 2.18. The number of amides is 1. The van der Waals surface area contributed by atoms with Crippen molar-refractivity contribution in [3.05, 3.63) is 93.0 Å². The van der Waals surface area contributed by atoms with E-state index in [2.05, 4.69) is 15.3 Å². The zero-order valence-electron chi connectivity index (χ0n) is 17.7. The highest BCUT2D eigenvalue weighted by molar-refractivity contribution is 7.99. The van der Waals surface area contributed by atoms with Crippen LogP contribution < -0.4 is 10.9 Å². The fraction of sp³-hybridized carbons (Fsp3) is 0.0435. The predicted molar refractivity (Wildman–Crippen MR) is 133 cm³/mol. The van der Waals surface area contributed by atoms with Crippen molar-refractivity contribution in [2.75, 3.05) is 11.1 Å². The van der Waals surface area contributed by atoms with Gasteiger partial charge < -0.3 is 5.32 Å². The molecule has 0 fully saturated rings. The Morgan fingerprint density at radius 1 is 1.09 bits per heavy atom. The Morgan fingerprint density at radius 3 is 2.66 bits per heavy atom. The van der Waals surface area contributed by atoms with E-state index < -0.39 is 22.2 Å². The Bertz CT molecular complexity index is 1680. The van der Waals surface area contributed by atoms with Crippen LogP contribution in [0.5, 0.6) is 0 Å². The van der Waals surface area contributed by atoms with E-state index in [9.17, 15) is 24.1 Å². The summed E-state index contributed by atoms with van der Waals surface area (Å²) in [7, 11) is 0. The molecule has 0 aliphatic rings. The molecule has 1 N–H and O–H groups in total. The standard InChI is InChI=1S/C23H14FN5O4S2/c24-15-6-2-4-8-18(15)28-21(31)14-5-1-3-7-16(14)26-23(28)34-12-20(30)27-22-25-17-10-9-13(29(32)33)11-19(17)35-22/h1-11H,12H2,(H,25,27,30). The Kier molecular flexibility index (Phi) is 5.97. The minimum atomic E-state index is -0.596. The number of halogens is 1. The normalized spacial score (nSPS) is 11.1. The van der Waals surface area contributed by atoms with Gasteiger partial charge in [-0.2, -0.15) is 0 Å². The number of thiazole rings is 1. The molecule has 1 amide bonds. The fourth-order valence-electron chi connectivity index (χ4n) is 3.42. The third kappa shape index (κ3) is 4.48. The maximum atomic E-state index is 14.6. The summed E-state index contributed by atoms with van der Waals surface area (Å²) in [5.74, 6) is -1.15. The topological polar surface area (TPSA) is 120 Å². The number of hydrogen-bond donors (Lipinski definition) is 1. The summed E-state index contributed by atoms with van der Waals surface area (Å²) < 4.78 is 16.3. The van der Waals surface area contributed by atoms with Gasteiger partial charge in [0.2, 0.25) is 5.91 Å². The van der Waals surface area contributed by atoms with Gasteiger partial charge in [-0.05, 0) is 30.3 Å². The summed E-state index contributed by atoms with van der Waals surface area (Å²) in [5, 5.41) is 14.4. The molecular formula is C23H14FN5O4S2. The molecule has 9 nitrogen and oxygen atoms in total. The van der Waals surface area contributed by atoms with Gasteiger partial charge in [-0.3, -0.25) is 24.3 Å². The Balaban J connectivity index is 1.43. The van der Waals surface area contributed by atoms with Crippen LogP contribution in [0.2, 0.25) is 0 Å². The smallest absolute Gasteiger partial charge is 0.270 e. The number of rotatable bonds is 6. The number of nitro groups is 1. The van der Waals surface area contributed by atoms with E-state index in [4.69, 9.17) is 0 Å². The summed E-state index contributed by atoms with van der Waals surface area (Å²) in [6.45, 7) is 0. The molecule has 0 spiro atoms. The van der Waals surface area contributed by atoms with Gasteiger partial charge in [0.1, 0.15) is 5.82 Å². The van der Waals surface area contributed by atoms with Crippen LogP contribution in [0.15, 0.2) is 76.7 Å². The molecule has 0 radical (unpaired) electrons. The molecule has 5 aromatic rings. The van der Waals surface area contributed by atoms with Crippen molar-refractivity contribution in [2.24, 2.45) is 0 Å². The molecule has 5 rings (SSSR count). The molecule has 0 saturated heterocycles. The van der Waals surface area contributed by atoms with Crippen LogP contribution in [0.25, 0.3) is 26.8 Å². The minimum Gasteiger partial charge on any atom is -0.301 e. The molecular weight excluding hydrogens is 493 g/mol. The number of aromatic nitrogens is 3. The van der Waals surface area contributed by atoms with Gasteiger partial charge in [0, 0.05) is 12.1 Å².